The maximum atomic E-state index is 14.2. The first-order valence-corrected chi connectivity index (χ1v) is 15.8. The summed E-state index contributed by atoms with van der Waals surface area (Å²) in [5.41, 5.74) is 0.713. The van der Waals surface area contributed by atoms with Gasteiger partial charge in [-0.15, -0.1) is 0 Å². The molecule has 14 heteroatoms. The topological polar surface area (TPSA) is 142 Å². The summed E-state index contributed by atoms with van der Waals surface area (Å²) in [6.45, 7) is 7.00. The smallest absolute Gasteiger partial charge is 0.325 e. The Morgan fingerprint density at radius 3 is 2.27 bits per heavy atom. The van der Waals surface area contributed by atoms with Gasteiger partial charge in [0.15, 0.2) is 5.76 Å². The predicted octanol–water partition coefficient (Wildman–Crippen LogP) is 5.43. The number of nitrogens with zero attached hydrogens (tertiary/aromatic N) is 3. The van der Waals surface area contributed by atoms with E-state index in [-0.39, 0.29) is 25.4 Å². The molecule has 4 amide bonds. The van der Waals surface area contributed by atoms with Gasteiger partial charge in [0.05, 0.1) is 52.5 Å². The van der Waals surface area contributed by atoms with Crippen molar-refractivity contribution < 1.29 is 42.6 Å². The number of nitrogens with one attached hydrogen (secondary N) is 1. The maximum absolute atomic E-state index is 14.2. The van der Waals surface area contributed by atoms with Gasteiger partial charge < -0.3 is 38.4 Å². The highest BCUT2D eigenvalue weighted by atomic mass is 35.5. The number of methoxy groups -OCH3 is 4. The Balaban J connectivity index is 1.68. The first-order chi connectivity index (χ1) is 22.8. The third-order valence-corrected chi connectivity index (χ3v) is 8.02. The van der Waals surface area contributed by atoms with Crippen LogP contribution in [0.15, 0.2) is 40.9 Å². The van der Waals surface area contributed by atoms with Gasteiger partial charge in [0.2, 0.25) is 11.8 Å². The molecule has 0 saturated carbocycles. The average Bonchev–Trinajstić information content (AvgIpc) is 3.46. The first-order valence-electron chi connectivity index (χ1n) is 15.5. The minimum absolute atomic E-state index is 0.0116. The van der Waals surface area contributed by atoms with E-state index in [1.807, 2.05) is 27.7 Å². The molecule has 4 rings (SSSR count). The third kappa shape index (κ3) is 8.62. The second-order valence-electron chi connectivity index (χ2n) is 12.3. The number of urea groups is 1. The number of carbonyl (C=O) groups is 3. The summed E-state index contributed by atoms with van der Waals surface area (Å²) in [5.74, 6) is 0.676. The lowest BCUT2D eigenvalue weighted by atomic mass is 9.96. The molecule has 1 fully saturated rings. The molecule has 2 aromatic carbocycles. The van der Waals surface area contributed by atoms with Gasteiger partial charge in [-0.2, -0.15) is 0 Å². The molecular weight excluding hydrogens is 644 g/mol. The van der Waals surface area contributed by atoms with Crippen LogP contribution >= 0.6 is 11.6 Å². The van der Waals surface area contributed by atoms with Gasteiger partial charge >= 0.3 is 6.03 Å². The number of benzene rings is 2. The zero-order valence-corrected chi connectivity index (χ0v) is 29.3. The van der Waals surface area contributed by atoms with E-state index >= 15 is 0 Å². The number of imide groups is 1. The fraction of sp³-hybridized carbons (Fsp3) is 0.471. The summed E-state index contributed by atoms with van der Waals surface area (Å²) in [6.07, 6.45) is 0.554. The highest BCUT2D eigenvalue weighted by Crippen LogP contribution is 2.36. The molecule has 3 aromatic rings. The molecule has 1 N–H and O–H groups in total. The molecule has 1 aromatic heterocycles. The fourth-order valence-electron chi connectivity index (χ4n) is 5.45. The van der Waals surface area contributed by atoms with Gasteiger partial charge in [-0.3, -0.25) is 14.5 Å². The Morgan fingerprint density at radius 1 is 1.02 bits per heavy atom. The summed E-state index contributed by atoms with van der Waals surface area (Å²) in [6, 6.07) is 8.67. The van der Waals surface area contributed by atoms with Crippen LogP contribution in [0.4, 0.5) is 4.79 Å². The Hall–Kier alpha value is -4.65. The monoisotopic (exact) mass is 686 g/mol. The van der Waals surface area contributed by atoms with Crippen molar-refractivity contribution in [1.29, 1.82) is 0 Å². The van der Waals surface area contributed by atoms with Crippen LogP contribution in [0.25, 0.3) is 0 Å². The Kier molecular flexibility index (Phi) is 11.7. The maximum Gasteiger partial charge on any atom is 0.325 e. The quantitative estimate of drug-likeness (QED) is 0.262. The summed E-state index contributed by atoms with van der Waals surface area (Å²) in [4.78, 5) is 44.4. The van der Waals surface area contributed by atoms with Gasteiger partial charge in [-0.05, 0) is 62.5 Å². The van der Waals surface area contributed by atoms with Crippen molar-refractivity contribution in [3.8, 4) is 28.9 Å². The lowest BCUT2D eigenvalue weighted by molar-refractivity contribution is -0.135. The zero-order chi connectivity index (χ0) is 35.2. The van der Waals surface area contributed by atoms with Crippen LogP contribution < -0.4 is 29.0 Å². The van der Waals surface area contributed by atoms with Crippen molar-refractivity contribution in [2.45, 2.75) is 58.7 Å². The summed E-state index contributed by atoms with van der Waals surface area (Å²) in [5, 5.41) is 7.26. The Bertz CT molecular complexity index is 1600. The van der Waals surface area contributed by atoms with E-state index < -0.39 is 42.0 Å². The molecule has 2 atom stereocenters. The molecule has 0 radical (unpaired) electrons. The molecule has 260 valence electrons. The van der Waals surface area contributed by atoms with Crippen LogP contribution in [0.3, 0.4) is 0 Å². The van der Waals surface area contributed by atoms with E-state index in [4.69, 9.17) is 39.8 Å². The molecule has 0 bridgehead atoms. The van der Waals surface area contributed by atoms with E-state index in [1.165, 1.54) is 33.3 Å². The normalized spacial score (nSPS) is 15.9. The van der Waals surface area contributed by atoms with Crippen LogP contribution in [-0.2, 0) is 22.6 Å². The highest BCUT2D eigenvalue weighted by Gasteiger charge is 2.39. The SMILES string of the molecule is CC[C@H](NC(=O)N1CC(=O)N(Cc2c(OC)cc(OC)cc2OC)C[C@@H](Cc2cc(Cl)ccc2OC)C1=O)c1cc(OC(C)(C)C)no1. The van der Waals surface area contributed by atoms with E-state index in [0.29, 0.717) is 51.3 Å². The fourth-order valence-corrected chi connectivity index (χ4v) is 5.65. The number of hydrogen-bond donors (Lipinski definition) is 1. The molecule has 0 unspecified atom stereocenters. The van der Waals surface area contributed by atoms with Crippen molar-refractivity contribution in [2.75, 3.05) is 41.5 Å². The number of hydrogen-bond acceptors (Lipinski definition) is 10. The average molecular weight is 687 g/mol. The standard InChI is InChI=1S/C34H43ClN4O9/c1-9-25(29-16-30(37-48-29)47-34(2,3)4)36-33(42)39-19-31(40)38(18-24-27(45-7)14-23(43-5)15-28(24)46-8)17-21(32(39)41)12-20-13-22(35)10-11-26(20)44-6/h10-11,13-16,21,25H,9,12,17-19H2,1-8H3,(H,36,42)/t21-,25+/m1/s1. The van der Waals surface area contributed by atoms with Gasteiger partial charge in [0, 0.05) is 29.8 Å². The van der Waals surface area contributed by atoms with Gasteiger partial charge in [-0.25, -0.2) is 4.79 Å². The molecule has 1 saturated heterocycles. The molecule has 13 nitrogen and oxygen atoms in total. The lowest BCUT2D eigenvalue weighted by Crippen LogP contribution is -2.48. The lowest BCUT2D eigenvalue weighted by Gasteiger charge is -2.26. The molecule has 0 aliphatic carbocycles. The Labute approximate surface area is 285 Å². The highest BCUT2D eigenvalue weighted by molar-refractivity contribution is 6.30. The second kappa shape index (κ2) is 15.5. The summed E-state index contributed by atoms with van der Waals surface area (Å²) < 4.78 is 33.4. The molecule has 2 heterocycles. The van der Waals surface area contributed by atoms with E-state index in [0.717, 1.165) is 4.90 Å². The number of ether oxygens (including phenoxy) is 5. The van der Waals surface area contributed by atoms with Crippen molar-refractivity contribution in [3.63, 3.8) is 0 Å². The van der Waals surface area contributed by atoms with Crippen LogP contribution in [0, 0.1) is 5.92 Å². The van der Waals surface area contributed by atoms with Crippen molar-refractivity contribution in [2.24, 2.45) is 5.92 Å². The van der Waals surface area contributed by atoms with Gasteiger partial charge in [-0.1, -0.05) is 18.5 Å². The molecule has 1 aliphatic heterocycles. The second-order valence-corrected chi connectivity index (χ2v) is 12.7. The number of aromatic nitrogens is 1. The number of rotatable bonds is 12. The molecular formula is C34H43ClN4O9. The molecule has 1 aliphatic rings. The van der Waals surface area contributed by atoms with Crippen LogP contribution in [0.5, 0.6) is 28.9 Å². The minimum Gasteiger partial charge on any atom is -0.496 e. The zero-order valence-electron chi connectivity index (χ0n) is 28.5. The van der Waals surface area contributed by atoms with E-state index in [9.17, 15) is 14.4 Å². The van der Waals surface area contributed by atoms with Gasteiger partial charge in [0.1, 0.15) is 35.1 Å². The Morgan fingerprint density at radius 2 is 1.69 bits per heavy atom. The minimum atomic E-state index is -0.845. The predicted molar refractivity (Wildman–Crippen MR) is 177 cm³/mol. The van der Waals surface area contributed by atoms with Gasteiger partial charge in [0.25, 0.3) is 5.88 Å². The van der Waals surface area contributed by atoms with Crippen molar-refractivity contribution >= 4 is 29.4 Å². The van der Waals surface area contributed by atoms with Crippen molar-refractivity contribution in [3.05, 3.63) is 58.3 Å². The van der Waals surface area contributed by atoms with Crippen LogP contribution in [0.1, 0.15) is 57.0 Å². The number of amides is 4. The number of carbonyl (C=O) groups excluding carboxylic acids is 3. The first kappa shape index (κ1) is 36.2. The third-order valence-electron chi connectivity index (χ3n) is 7.79. The van der Waals surface area contributed by atoms with Crippen molar-refractivity contribution in [1.82, 2.24) is 20.3 Å². The largest absolute Gasteiger partial charge is 0.496 e. The summed E-state index contributed by atoms with van der Waals surface area (Å²) in [7, 11) is 6.05. The van der Waals surface area contributed by atoms with E-state index in [1.54, 1.807) is 36.4 Å². The molecule has 0 spiro atoms. The van der Waals surface area contributed by atoms with Crippen LogP contribution in [-0.4, -0.2) is 79.9 Å². The molecule has 48 heavy (non-hydrogen) atoms. The number of halogens is 1. The van der Waals surface area contributed by atoms with Crippen LogP contribution in [0.2, 0.25) is 5.02 Å². The summed E-state index contributed by atoms with van der Waals surface area (Å²) >= 11 is 6.32. The van der Waals surface area contributed by atoms with E-state index in [2.05, 4.69) is 10.5 Å².